The number of nitrogens with one attached hydrogen (secondary N) is 1. The number of benzene rings is 1. The van der Waals surface area contributed by atoms with Crippen LogP contribution in [0.2, 0.25) is 0 Å². The number of nitrogens with zero attached hydrogens (tertiary/aromatic N) is 2. The van der Waals surface area contributed by atoms with E-state index in [-0.39, 0.29) is 43.2 Å². The number of rotatable bonds is 7. The Morgan fingerprint density at radius 3 is 2.66 bits per heavy atom. The molecule has 178 valence electrons. The molecule has 1 saturated carbocycles. The fraction of sp³-hybridized carbons (Fsp3) is 0.636. The number of amides is 2. The second-order valence-corrected chi connectivity index (χ2v) is 11.1. The first-order valence-electron chi connectivity index (χ1n) is 10.9. The van der Waals surface area contributed by atoms with E-state index < -0.39 is 22.2 Å². The molecule has 2 amide bonds. The predicted molar refractivity (Wildman–Crippen MR) is 121 cm³/mol. The standard InChI is InChI=1S/C22H33N3O6S/c1-14-11-25(15(2)13-26)21(27)10-17-9-18(23-22(28)16-5-6-16)7-8-19(17)31-20(14)12-24(3)32(4,29)30/h7-9,14-16,20,26H,5-6,10-13H2,1-4H3,(H,23,28)/t14-,15+,20+/m1/s1. The SMILES string of the molecule is C[C@@H]1CN([C@@H](C)CO)C(=O)Cc2cc(NC(=O)C3CC3)ccc2O[C@H]1CN(C)S(C)(=O)=O. The van der Waals surface area contributed by atoms with Gasteiger partial charge < -0.3 is 20.1 Å². The second-order valence-electron chi connectivity index (χ2n) is 9.02. The van der Waals surface area contributed by atoms with Gasteiger partial charge in [0.2, 0.25) is 21.8 Å². The van der Waals surface area contributed by atoms with E-state index in [0.717, 1.165) is 19.1 Å². The molecule has 0 saturated heterocycles. The Morgan fingerprint density at radius 2 is 2.06 bits per heavy atom. The molecule has 2 N–H and O–H groups in total. The Labute approximate surface area is 189 Å². The van der Waals surface area contributed by atoms with Gasteiger partial charge in [0.05, 0.1) is 31.9 Å². The van der Waals surface area contributed by atoms with Gasteiger partial charge in [-0.25, -0.2) is 12.7 Å². The second kappa shape index (κ2) is 9.76. The summed E-state index contributed by atoms with van der Waals surface area (Å²) in [7, 11) is -1.92. The van der Waals surface area contributed by atoms with Crippen molar-refractivity contribution in [1.82, 2.24) is 9.21 Å². The van der Waals surface area contributed by atoms with Crippen molar-refractivity contribution in [3.63, 3.8) is 0 Å². The lowest BCUT2D eigenvalue weighted by molar-refractivity contribution is -0.134. The smallest absolute Gasteiger partial charge is 0.227 e. The van der Waals surface area contributed by atoms with Gasteiger partial charge in [0, 0.05) is 36.7 Å². The molecule has 1 aliphatic carbocycles. The highest BCUT2D eigenvalue weighted by Gasteiger charge is 2.33. The van der Waals surface area contributed by atoms with Crippen molar-refractivity contribution in [2.45, 2.75) is 45.3 Å². The van der Waals surface area contributed by atoms with Gasteiger partial charge in [0.25, 0.3) is 0 Å². The molecule has 1 aliphatic heterocycles. The molecular weight excluding hydrogens is 434 g/mol. The average molecular weight is 468 g/mol. The normalized spacial score (nSPS) is 22.9. The van der Waals surface area contributed by atoms with Crippen molar-refractivity contribution in [3.05, 3.63) is 23.8 Å². The summed E-state index contributed by atoms with van der Waals surface area (Å²) >= 11 is 0. The molecule has 0 aromatic heterocycles. The van der Waals surface area contributed by atoms with Crippen LogP contribution in [-0.2, 0) is 26.0 Å². The van der Waals surface area contributed by atoms with Crippen LogP contribution in [0.3, 0.4) is 0 Å². The molecule has 3 atom stereocenters. The zero-order chi connectivity index (χ0) is 23.6. The minimum atomic E-state index is -3.42. The highest BCUT2D eigenvalue weighted by Crippen LogP contribution is 2.32. The molecule has 2 aliphatic rings. The van der Waals surface area contributed by atoms with E-state index in [4.69, 9.17) is 4.74 Å². The lowest BCUT2D eigenvalue weighted by Crippen LogP contribution is -2.48. The Morgan fingerprint density at radius 1 is 1.38 bits per heavy atom. The Bertz CT molecular complexity index is 962. The molecule has 1 aromatic rings. The van der Waals surface area contributed by atoms with Crippen LogP contribution in [0.25, 0.3) is 0 Å². The topological polar surface area (TPSA) is 116 Å². The van der Waals surface area contributed by atoms with Crippen LogP contribution in [0.1, 0.15) is 32.3 Å². The van der Waals surface area contributed by atoms with Crippen molar-refractivity contribution < 1.29 is 27.9 Å². The first kappa shape index (κ1) is 24.5. The van der Waals surface area contributed by atoms with Gasteiger partial charge in [-0.05, 0) is 38.0 Å². The number of ether oxygens (including phenoxy) is 1. The van der Waals surface area contributed by atoms with E-state index in [2.05, 4.69) is 5.32 Å². The number of anilines is 1. The highest BCUT2D eigenvalue weighted by atomic mass is 32.2. The maximum absolute atomic E-state index is 13.1. The van der Waals surface area contributed by atoms with Crippen molar-refractivity contribution in [1.29, 1.82) is 0 Å². The number of aliphatic hydroxyl groups excluding tert-OH is 1. The molecule has 9 nitrogen and oxygen atoms in total. The zero-order valence-corrected chi connectivity index (χ0v) is 19.9. The van der Waals surface area contributed by atoms with Gasteiger partial charge in [0.15, 0.2) is 0 Å². The van der Waals surface area contributed by atoms with E-state index in [1.807, 2.05) is 6.92 Å². The van der Waals surface area contributed by atoms with Crippen LogP contribution in [0.15, 0.2) is 18.2 Å². The Hall–Kier alpha value is -2.17. The number of sulfonamides is 1. The first-order valence-corrected chi connectivity index (χ1v) is 12.8. The van der Waals surface area contributed by atoms with E-state index in [1.165, 1.54) is 11.4 Å². The first-order chi connectivity index (χ1) is 15.0. The molecular formula is C22H33N3O6S. The van der Waals surface area contributed by atoms with Crippen LogP contribution >= 0.6 is 0 Å². The number of carbonyl (C=O) groups excluding carboxylic acids is 2. The molecule has 0 radical (unpaired) electrons. The number of hydrogen-bond acceptors (Lipinski definition) is 6. The van der Waals surface area contributed by atoms with E-state index in [0.29, 0.717) is 23.5 Å². The largest absolute Gasteiger partial charge is 0.488 e. The lowest BCUT2D eigenvalue weighted by Gasteiger charge is -2.33. The number of hydrogen-bond donors (Lipinski definition) is 2. The molecule has 0 spiro atoms. The predicted octanol–water partition coefficient (Wildman–Crippen LogP) is 1.08. The monoisotopic (exact) mass is 467 g/mol. The summed E-state index contributed by atoms with van der Waals surface area (Å²) in [4.78, 5) is 26.9. The molecule has 1 heterocycles. The van der Waals surface area contributed by atoms with Crippen molar-refractivity contribution in [2.75, 3.05) is 38.3 Å². The van der Waals surface area contributed by atoms with Gasteiger partial charge >= 0.3 is 0 Å². The zero-order valence-electron chi connectivity index (χ0n) is 19.1. The molecule has 1 fully saturated rings. The van der Waals surface area contributed by atoms with Crippen molar-refractivity contribution >= 4 is 27.5 Å². The van der Waals surface area contributed by atoms with E-state index >= 15 is 0 Å². The number of aliphatic hydroxyl groups is 1. The average Bonchev–Trinajstić information content (AvgIpc) is 3.56. The minimum absolute atomic E-state index is 0.0305. The van der Waals surface area contributed by atoms with Gasteiger partial charge in [0.1, 0.15) is 11.9 Å². The lowest BCUT2D eigenvalue weighted by atomic mass is 10.0. The van der Waals surface area contributed by atoms with Gasteiger partial charge in [-0.2, -0.15) is 0 Å². The Kier molecular flexibility index (Phi) is 7.46. The van der Waals surface area contributed by atoms with Crippen LogP contribution in [0.5, 0.6) is 5.75 Å². The van der Waals surface area contributed by atoms with E-state index in [1.54, 1.807) is 30.0 Å². The highest BCUT2D eigenvalue weighted by molar-refractivity contribution is 7.88. The summed E-state index contributed by atoms with van der Waals surface area (Å²) in [5, 5.41) is 12.6. The van der Waals surface area contributed by atoms with Crippen molar-refractivity contribution in [2.24, 2.45) is 11.8 Å². The third kappa shape index (κ3) is 5.99. The van der Waals surface area contributed by atoms with Gasteiger partial charge in [-0.3, -0.25) is 9.59 Å². The third-order valence-corrected chi connectivity index (χ3v) is 7.42. The molecule has 3 rings (SSSR count). The quantitative estimate of drug-likeness (QED) is 0.620. The Balaban J connectivity index is 1.94. The summed E-state index contributed by atoms with van der Waals surface area (Å²) < 4.78 is 31.5. The maximum atomic E-state index is 13.1. The number of likely N-dealkylation sites (N-methyl/N-ethyl adjacent to an activating group) is 1. The maximum Gasteiger partial charge on any atom is 0.227 e. The minimum Gasteiger partial charge on any atom is -0.488 e. The van der Waals surface area contributed by atoms with Crippen LogP contribution in [-0.4, -0.2) is 79.7 Å². The molecule has 1 aromatic carbocycles. The van der Waals surface area contributed by atoms with Crippen LogP contribution in [0.4, 0.5) is 5.69 Å². The van der Waals surface area contributed by atoms with Crippen LogP contribution in [0, 0.1) is 11.8 Å². The fourth-order valence-electron chi connectivity index (χ4n) is 3.70. The summed E-state index contributed by atoms with van der Waals surface area (Å²) in [6.07, 6.45) is 2.45. The molecule has 32 heavy (non-hydrogen) atoms. The summed E-state index contributed by atoms with van der Waals surface area (Å²) in [6, 6.07) is 4.80. The molecule has 10 heteroatoms. The van der Waals surface area contributed by atoms with Gasteiger partial charge in [-0.15, -0.1) is 0 Å². The molecule has 0 unspecified atom stereocenters. The number of fused-ring (bicyclic) bond motifs is 1. The number of carbonyl (C=O) groups is 2. The van der Waals surface area contributed by atoms with Gasteiger partial charge in [-0.1, -0.05) is 6.92 Å². The molecule has 0 bridgehead atoms. The summed E-state index contributed by atoms with van der Waals surface area (Å²) in [5.74, 6) is 0.149. The van der Waals surface area contributed by atoms with Crippen LogP contribution < -0.4 is 10.1 Å². The third-order valence-electron chi connectivity index (χ3n) is 6.14. The fourth-order valence-corrected chi connectivity index (χ4v) is 4.12. The summed E-state index contributed by atoms with van der Waals surface area (Å²) in [6.45, 7) is 3.93. The summed E-state index contributed by atoms with van der Waals surface area (Å²) in [5.41, 5.74) is 1.20. The van der Waals surface area contributed by atoms with Crippen molar-refractivity contribution in [3.8, 4) is 5.75 Å². The van der Waals surface area contributed by atoms with E-state index in [9.17, 15) is 23.1 Å².